The molecule has 26 heavy (non-hydrogen) atoms. The van der Waals surface area contributed by atoms with Crippen LogP contribution in [0.25, 0.3) is 10.9 Å². The molecule has 1 atom stereocenters. The third-order valence-corrected chi connectivity index (χ3v) is 5.29. The van der Waals surface area contributed by atoms with E-state index in [1.165, 1.54) is 10.9 Å². The molecule has 1 aliphatic heterocycles. The number of amides is 2. The Bertz CT molecular complexity index is 1040. The fraction of sp³-hybridized carbons (Fsp3) is 0.143. The summed E-state index contributed by atoms with van der Waals surface area (Å²) in [5.74, 6) is 6.17. The van der Waals surface area contributed by atoms with Gasteiger partial charge in [-0.1, -0.05) is 53.9 Å². The number of fused-ring (bicyclic) bond motifs is 1. The molecular weight excluding hydrogens is 344 g/mol. The van der Waals surface area contributed by atoms with Crippen LogP contribution in [-0.4, -0.2) is 21.0 Å². The molecule has 1 unspecified atom stereocenters. The lowest BCUT2D eigenvalue weighted by Gasteiger charge is -2.05. The number of hydrogen-bond acceptors (Lipinski definition) is 3. The Kier molecular flexibility index (Phi) is 4.51. The first-order valence-corrected chi connectivity index (χ1v) is 9.20. The molecule has 0 aliphatic carbocycles. The van der Waals surface area contributed by atoms with Gasteiger partial charge in [0.2, 0.25) is 5.91 Å². The van der Waals surface area contributed by atoms with Crippen molar-refractivity contribution in [2.45, 2.75) is 18.2 Å². The van der Waals surface area contributed by atoms with Gasteiger partial charge in [-0.3, -0.25) is 14.9 Å². The van der Waals surface area contributed by atoms with Crippen molar-refractivity contribution in [3.8, 4) is 11.8 Å². The zero-order chi connectivity index (χ0) is 17.9. The molecule has 2 aromatic carbocycles. The highest BCUT2D eigenvalue weighted by Crippen LogP contribution is 2.23. The summed E-state index contributed by atoms with van der Waals surface area (Å²) in [6.07, 6.45) is 2.60. The summed E-state index contributed by atoms with van der Waals surface area (Å²) >= 11 is 1.06. The quantitative estimate of drug-likeness (QED) is 0.726. The van der Waals surface area contributed by atoms with Crippen LogP contribution in [0.15, 0.2) is 60.8 Å². The van der Waals surface area contributed by atoms with Crippen LogP contribution in [0.5, 0.6) is 0 Å². The SMILES string of the molecule is O=C1NC(=O)C(Cc2ccc(C#CCn3ccc4ccccc43)cc2)S1. The Hall–Kier alpha value is -2.97. The zero-order valence-electron chi connectivity index (χ0n) is 13.9. The zero-order valence-corrected chi connectivity index (χ0v) is 14.8. The monoisotopic (exact) mass is 360 g/mol. The van der Waals surface area contributed by atoms with Crippen LogP contribution < -0.4 is 5.32 Å². The molecule has 0 bridgehead atoms. The second-order valence-corrected chi connectivity index (χ2v) is 7.26. The summed E-state index contributed by atoms with van der Waals surface area (Å²) in [6.45, 7) is 0.635. The minimum Gasteiger partial charge on any atom is -0.336 e. The van der Waals surface area contributed by atoms with E-state index in [-0.39, 0.29) is 16.4 Å². The Labute approximate surface area is 155 Å². The van der Waals surface area contributed by atoms with Crippen molar-refractivity contribution in [3.05, 3.63) is 71.9 Å². The highest BCUT2D eigenvalue weighted by molar-refractivity contribution is 8.15. The predicted molar refractivity (Wildman–Crippen MR) is 104 cm³/mol. The number of rotatable bonds is 3. The number of carbonyl (C=O) groups excluding carboxylic acids is 2. The first-order valence-electron chi connectivity index (χ1n) is 8.32. The minimum absolute atomic E-state index is 0.206. The fourth-order valence-corrected chi connectivity index (χ4v) is 3.83. The van der Waals surface area contributed by atoms with Gasteiger partial charge in [0.25, 0.3) is 5.24 Å². The summed E-state index contributed by atoms with van der Waals surface area (Å²) in [7, 11) is 0. The van der Waals surface area contributed by atoms with Gasteiger partial charge in [0.05, 0.1) is 11.8 Å². The standard InChI is InChI=1S/C21H16N2O2S/c24-20-19(26-21(25)22-20)14-16-9-7-15(8-10-16)4-3-12-23-13-11-17-5-1-2-6-18(17)23/h1-2,5-11,13,19H,12,14H2,(H,22,24,25). The highest BCUT2D eigenvalue weighted by atomic mass is 32.2. The molecule has 2 amide bonds. The second kappa shape index (κ2) is 7.11. The van der Waals surface area contributed by atoms with Crippen LogP contribution in [0.1, 0.15) is 11.1 Å². The lowest BCUT2D eigenvalue weighted by atomic mass is 10.1. The van der Waals surface area contributed by atoms with Crippen molar-refractivity contribution in [1.29, 1.82) is 0 Å². The molecule has 0 spiro atoms. The molecule has 128 valence electrons. The third kappa shape index (κ3) is 3.51. The maximum atomic E-state index is 11.6. The number of nitrogens with one attached hydrogen (secondary N) is 1. The van der Waals surface area contributed by atoms with Crippen molar-refractivity contribution >= 4 is 33.8 Å². The minimum atomic E-state index is -0.332. The van der Waals surface area contributed by atoms with Crippen molar-refractivity contribution in [2.24, 2.45) is 0 Å². The molecule has 1 fully saturated rings. The van der Waals surface area contributed by atoms with Gasteiger partial charge < -0.3 is 4.57 Å². The fourth-order valence-electron chi connectivity index (χ4n) is 2.97. The van der Waals surface area contributed by atoms with E-state index in [2.05, 4.69) is 39.9 Å². The van der Waals surface area contributed by atoms with E-state index in [0.29, 0.717) is 13.0 Å². The van der Waals surface area contributed by atoms with Crippen molar-refractivity contribution in [1.82, 2.24) is 9.88 Å². The van der Waals surface area contributed by atoms with E-state index in [4.69, 9.17) is 0 Å². The van der Waals surface area contributed by atoms with E-state index < -0.39 is 0 Å². The number of benzene rings is 2. The lowest BCUT2D eigenvalue weighted by Crippen LogP contribution is -2.25. The second-order valence-electron chi connectivity index (χ2n) is 6.09. The molecule has 3 aromatic rings. The van der Waals surface area contributed by atoms with E-state index in [1.54, 1.807) is 0 Å². The normalized spacial score (nSPS) is 16.4. The van der Waals surface area contributed by atoms with E-state index in [1.807, 2.05) is 42.6 Å². The van der Waals surface area contributed by atoms with Gasteiger partial charge >= 0.3 is 0 Å². The molecule has 1 N–H and O–H groups in total. The average molecular weight is 360 g/mol. The smallest absolute Gasteiger partial charge is 0.286 e. The molecule has 0 radical (unpaired) electrons. The van der Waals surface area contributed by atoms with Gasteiger partial charge in [0.15, 0.2) is 0 Å². The van der Waals surface area contributed by atoms with Gasteiger partial charge in [0, 0.05) is 17.3 Å². The molecule has 4 nitrogen and oxygen atoms in total. The maximum absolute atomic E-state index is 11.6. The Balaban J connectivity index is 1.41. The molecule has 1 aromatic heterocycles. The summed E-state index contributed by atoms with van der Waals surface area (Å²) < 4.78 is 2.13. The molecule has 0 saturated carbocycles. The predicted octanol–water partition coefficient (Wildman–Crippen LogP) is 3.59. The van der Waals surface area contributed by atoms with Crippen LogP contribution in [0.3, 0.4) is 0 Å². The molecule has 4 rings (SSSR count). The summed E-state index contributed by atoms with van der Waals surface area (Å²) in [4.78, 5) is 22.8. The molecule has 1 aliphatic rings. The van der Waals surface area contributed by atoms with E-state index >= 15 is 0 Å². The van der Waals surface area contributed by atoms with Gasteiger partial charge in [-0.25, -0.2) is 0 Å². The van der Waals surface area contributed by atoms with Crippen LogP contribution >= 0.6 is 11.8 Å². The van der Waals surface area contributed by atoms with Gasteiger partial charge in [-0.15, -0.1) is 0 Å². The summed E-state index contributed by atoms with van der Waals surface area (Å²) in [5.41, 5.74) is 3.14. The number of carbonyl (C=O) groups is 2. The summed E-state index contributed by atoms with van der Waals surface area (Å²) in [6, 6.07) is 18.2. The van der Waals surface area contributed by atoms with Crippen LogP contribution in [-0.2, 0) is 17.8 Å². The molecule has 1 saturated heterocycles. The Morgan fingerprint density at radius 2 is 1.85 bits per heavy atom. The Morgan fingerprint density at radius 1 is 1.04 bits per heavy atom. The average Bonchev–Trinajstić information content (AvgIpc) is 3.19. The number of aromatic nitrogens is 1. The number of hydrogen-bond donors (Lipinski definition) is 1. The van der Waals surface area contributed by atoms with Crippen LogP contribution in [0.2, 0.25) is 0 Å². The first-order chi connectivity index (χ1) is 12.7. The number of para-hydroxylation sites is 1. The van der Waals surface area contributed by atoms with Crippen LogP contribution in [0, 0.1) is 11.8 Å². The van der Waals surface area contributed by atoms with Crippen molar-refractivity contribution < 1.29 is 9.59 Å². The number of imide groups is 1. The molecule has 2 heterocycles. The number of thioether (sulfide) groups is 1. The van der Waals surface area contributed by atoms with Gasteiger partial charge in [0.1, 0.15) is 0 Å². The van der Waals surface area contributed by atoms with E-state index in [0.717, 1.165) is 22.9 Å². The van der Waals surface area contributed by atoms with Crippen molar-refractivity contribution in [2.75, 3.05) is 0 Å². The van der Waals surface area contributed by atoms with Gasteiger partial charge in [-0.05, 0) is 41.6 Å². The molecule has 5 heteroatoms. The highest BCUT2D eigenvalue weighted by Gasteiger charge is 2.31. The number of nitrogens with zero attached hydrogens (tertiary/aromatic N) is 1. The maximum Gasteiger partial charge on any atom is 0.286 e. The lowest BCUT2D eigenvalue weighted by molar-refractivity contribution is -0.118. The topological polar surface area (TPSA) is 51.1 Å². The van der Waals surface area contributed by atoms with Gasteiger partial charge in [-0.2, -0.15) is 0 Å². The Morgan fingerprint density at radius 3 is 2.62 bits per heavy atom. The first kappa shape index (κ1) is 16.5. The van der Waals surface area contributed by atoms with Crippen molar-refractivity contribution in [3.63, 3.8) is 0 Å². The third-order valence-electron chi connectivity index (χ3n) is 4.30. The summed E-state index contributed by atoms with van der Waals surface area (Å²) in [5, 5.41) is 2.93. The van der Waals surface area contributed by atoms with E-state index in [9.17, 15) is 9.59 Å². The molecular formula is C21H16N2O2S. The van der Waals surface area contributed by atoms with Crippen LogP contribution in [0.4, 0.5) is 4.79 Å². The largest absolute Gasteiger partial charge is 0.336 e.